The third kappa shape index (κ3) is 4.58. The van der Waals surface area contributed by atoms with Crippen molar-refractivity contribution >= 4 is 17.8 Å². The van der Waals surface area contributed by atoms with E-state index in [1.807, 2.05) is 19.3 Å². The number of nitrogens with zero attached hydrogens (tertiary/aromatic N) is 2. The van der Waals surface area contributed by atoms with Crippen LogP contribution < -0.4 is 11.2 Å². The van der Waals surface area contributed by atoms with Crippen molar-refractivity contribution in [3.05, 3.63) is 22.2 Å². The maximum absolute atomic E-state index is 12.4. The number of ether oxygens (including phenoxy) is 3. The summed E-state index contributed by atoms with van der Waals surface area (Å²) in [5, 5.41) is 9.17. The maximum atomic E-state index is 12.4. The lowest BCUT2D eigenvalue weighted by atomic mass is 10.1. The molecule has 10 nitrogen and oxygen atoms in total. The topological polar surface area (TPSA) is 129 Å². The van der Waals surface area contributed by atoms with Crippen LogP contribution in [0.2, 0.25) is 0 Å². The highest BCUT2D eigenvalue weighted by Gasteiger charge is 2.40. The molecule has 0 saturated carbocycles. The van der Waals surface area contributed by atoms with Gasteiger partial charge in [-0.1, -0.05) is 13.8 Å². The summed E-state index contributed by atoms with van der Waals surface area (Å²) in [4.78, 5) is 38.6. The molecule has 26 heavy (non-hydrogen) atoms. The number of hydrogen-bond acceptors (Lipinski definition) is 9. The lowest BCUT2D eigenvalue weighted by molar-refractivity contribution is -0.153. The second-order valence-electron chi connectivity index (χ2n) is 6.34. The van der Waals surface area contributed by atoms with Gasteiger partial charge in [-0.2, -0.15) is 4.98 Å². The van der Waals surface area contributed by atoms with Crippen molar-refractivity contribution in [2.75, 3.05) is 12.1 Å². The molecule has 1 aromatic rings. The van der Waals surface area contributed by atoms with Gasteiger partial charge in [-0.05, 0) is 5.92 Å². The molecule has 0 bridgehead atoms. The Labute approximate surface area is 150 Å². The minimum absolute atomic E-state index is 0.0148. The Morgan fingerprint density at radius 1 is 1.42 bits per heavy atom. The molecule has 1 fully saturated rings. The van der Waals surface area contributed by atoms with Gasteiger partial charge in [0, 0.05) is 32.0 Å². The summed E-state index contributed by atoms with van der Waals surface area (Å²) in [5.41, 5.74) is 1.82. The molecular weight excluding hydrogens is 346 g/mol. The van der Waals surface area contributed by atoms with Crippen LogP contribution in [0.4, 0.5) is 5.82 Å². The van der Waals surface area contributed by atoms with Crippen LogP contribution in [0.15, 0.2) is 11.0 Å². The Morgan fingerprint density at radius 3 is 2.65 bits per heavy atom. The average Bonchev–Trinajstić information content (AvgIpc) is 2.94. The fourth-order valence-electron chi connectivity index (χ4n) is 2.78. The Morgan fingerprint density at radius 2 is 2.12 bits per heavy atom. The number of nitrogens with one attached hydrogen (secondary N) is 1. The Balaban J connectivity index is 2.36. The van der Waals surface area contributed by atoms with Gasteiger partial charge < -0.3 is 14.2 Å². The third-order valence-corrected chi connectivity index (χ3v) is 3.92. The van der Waals surface area contributed by atoms with E-state index in [1.54, 1.807) is 0 Å². The molecule has 0 unspecified atom stereocenters. The molecule has 0 spiro atoms. The highest BCUT2D eigenvalue weighted by Crippen LogP contribution is 2.32. The number of aromatic nitrogens is 2. The summed E-state index contributed by atoms with van der Waals surface area (Å²) in [6.45, 7) is 6.26. The lowest BCUT2D eigenvalue weighted by Gasteiger charge is -2.22. The van der Waals surface area contributed by atoms with Gasteiger partial charge in [0.2, 0.25) is 0 Å². The van der Waals surface area contributed by atoms with E-state index in [4.69, 9.17) is 14.2 Å². The van der Waals surface area contributed by atoms with E-state index in [0.29, 0.717) is 5.56 Å². The van der Waals surface area contributed by atoms with Crippen LogP contribution in [0.25, 0.3) is 0 Å². The van der Waals surface area contributed by atoms with Crippen LogP contribution in [0.5, 0.6) is 0 Å². The van der Waals surface area contributed by atoms with Gasteiger partial charge in [-0.15, -0.1) is 0 Å². The summed E-state index contributed by atoms with van der Waals surface area (Å²) in [6, 6.07) is 0. The Bertz CT molecular complexity index is 731. The molecule has 3 atom stereocenters. The van der Waals surface area contributed by atoms with Crippen molar-refractivity contribution in [1.82, 2.24) is 9.55 Å². The Hall–Kier alpha value is -2.46. The van der Waals surface area contributed by atoms with Gasteiger partial charge in [-0.25, -0.2) is 4.79 Å². The fourth-order valence-corrected chi connectivity index (χ4v) is 2.78. The van der Waals surface area contributed by atoms with E-state index < -0.39 is 36.1 Å². The van der Waals surface area contributed by atoms with E-state index in [9.17, 15) is 19.6 Å². The number of esters is 2. The minimum atomic E-state index is -0.912. The molecule has 2 heterocycles. The molecular formula is C16H23N3O7. The van der Waals surface area contributed by atoms with Crippen molar-refractivity contribution in [3.63, 3.8) is 0 Å². The molecule has 10 heteroatoms. The average molecular weight is 369 g/mol. The quantitative estimate of drug-likeness (QED) is 0.556. The molecule has 1 saturated heterocycles. The number of rotatable bonds is 6. The van der Waals surface area contributed by atoms with Crippen LogP contribution in [0.3, 0.4) is 0 Å². The zero-order chi connectivity index (χ0) is 19.4. The van der Waals surface area contributed by atoms with E-state index in [2.05, 4.69) is 4.98 Å². The molecule has 0 aliphatic carbocycles. The van der Waals surface area contributed by atoms with E-state index >= 15 is 0 Å². The van der Waals surface area contributed by atoms with E-state index in [-0.39, 0.29) is 24.8 Å². The highest BCUT2D eigenvalue weighted by atomic mass is 16.6. The van der Waals surface area contributed by atoms with E-state index in [1.165, 1.54) is 24.6 Å². The van der Waals surface area contributed by atoms with Gasteiger partial charge in [-0.3, -0.25) is 24.8 Å². The number of carbonyl (C=O) groups excluding carboxylic acids is 2. The lowest BCUT2D eigenvalue weighted by Crippen LogP contribution is -2.34. The zero-order valence-corrected chi connectivity index (χ0v) is 15.1. The molecule has 1 aliphatic heterocycles. The molecule has 1 aliphatic rings. The molecule has 0 radical (unpaired) electrons. The SMILES string of the molecule is CC(=O)OC[C@@H]1C[C@@H](OC(C)=O)[C@H](n2cc(C(C)C)c(NO)nc2=O)O1. The summed E-state index contributed by atoms with van der Waals surface area (Å²) < 4.78 is 17.2. The fraction of sp³-hybridized carbons (Fsp3) is 0.625. The van der Waals surface area contributed by atoms with Gasteiger partial charge >= 0.3 is 17.6 Å². The van der Waals surface area contributed by atoms with Gasteiger partial charge in [0.05, 0.1) is 6.10 Å². The summed E-state index contributed by atoms with van der Waals surface area (Å²) >= 11 is 0. The zero-order valence-electron chi connectivity index (χ0n) is 15.1. The Kier molecular flexibility index (Phi) is 6.32. The van der Waals surface area contributed by atoms with Crippen molar-refractivity contribution in [2.45, 2.75) is 58.5 Å². The molecule has 2 N–H and O–H groups in total. The maximum Gasteiger partial charge on any atom is 0.351 e. The largest absolute Gasteiger partial charge is 0.463 e. The minimum Gasteiger partial charge on any atom is -0.463 e. The first kappa shape index (κ1) is 19.9. The number of hydrogen-bond donors (Lipinski definition) is 2. The third-order valence-electron chi connectivity index (χ3n) is 3.92. The predicted octanol–water partition coefficient (Wildman–Crippen LogP) is 0.950. The first-order valence-electron chi connectivity index (χ1n) is 8.22. The second kappa shape index (κ2) is 8.28. The first-order valence-corrected chi connectivity index (χ1v) is 8.22. The normalized spacial score (nSPS) is 22.3. The van der Waals surface area contributed by atoms with Crippen molar-refractivity contribution in [3.8, 4) is 0 Å². The number of carbonyl (C=O) groups is 2. The summed E-state index contributed by atoms with van der Waals surface area (Å²) in [5.74, 6) is -0.968. The summed E-state index contributed by atoms with van der Waals surface area (Å²) in [7, 11) is 0. The standard InChI is InChI=1S/C16H23N3O7/c1-8(2)12-6-19(16(22)17-14(12)18-23)15-13(25-10(4)21)5-11(26-15)7-24-9(3)20/h6,8,11,13,15,23H,5,7H2,1-4H3,(H,17,18,22)/t11-,13+,15+/m0/s1. The second-order valence-corrected chi connectivity index (χ2v) is 6.34. The van der Waals surface area contributed by atoms with Crippen LogP contribution in [0, 0.1) is 0 Å². The van der Waals surface area contributed by atoms with Crippen LogP contribution in [-0.2, 0) is 23.8 Å². The molecule has 1 aromatic heterocycles. The van der Waals surface area contributed by atoms with Crippen LogP contribution >= 0.6 is 0 Å². The van der Waals surface area contributed by atoms with Crippen molar-refractivity contribution in [1.29, 1.82) is 0 Å². The van der Waals surface area contributed by atoms with E-state index in [0.717, 1.165) is 0 Å². The summed E-state index contributed by atoms with van der Waals surface area (Å²) in [6.07, 6.45) is -0.405. The molecule has 0 aromatic carbocycles. The van der Waals surface area contributed by atoms with Gasteiger partial charge in [0.25, 0.3) is 0 Å². The van der Waals surface area contributed by atoms with Crippen LogP contribution in [-0.4, -0.2) is 45.5 Å². The molecule has 0 amide bonds. The van der Waals surface area contributed by atoms with Crippen LogP contribution in [0.1, 0.15) is 51.8 Å². The van der Waals surface area contributed by atoms with Gasteiger partial charge in [0.15, 0.2) is 12.0 Å². The van der Waals surface area contributed by atoms with Gasteiger partial charge in [0.1, 0.15) is 12.7 Å². The monoisotopic (exact) mass is 369 g/mol. The highest BCUT2D eigenvalue weighted by molar-refractivity contribution is 5.66. The smallest absolute Gasteiger partial charge is 0.351 e. The van der Waals surface area contributed by atoms with Crippen molar-refractivity contribution < 1.29 is 29.0 Å². The molecule has 2 rings (SSSR count). The molecule has 144 valence electrons. The van der Waals surface area contributed by atoms with Crippen molar-refractivity contribution in [2.24, 2.45) is 0 Å². The number of anilines is 1. The predicted molar refractivity (Wildman–Crippen MR) is 88.7 cm³/mol. The first-order chi connectivity index (χ1) is 12.2.